The van der Waals surface area contributed by atoms with Gasteiger partial charge in [-0.1, -0.05) is 20.8 Å². The van der Waals surface area contributed by atoms with Crippen LogP contribution in [0.2, 0.25) is 0 Å². The second kappa shape index (κ2) is 9.72. The SMILES string of the molecule is CCOc1cc2c(cc1OCC)C1(CC1)N(CC(=O)c1cc(NC(C)=O)c(OC)c(C(C)(C)C)c1)C2=N. The number of benzene rings is 2. The van der Waals surface area contributed by atoms with E-state index in [9.17, 15) is 9.59 Å². The maximum Gasteiger partial charge on any atom is 0.221 e. The lowest BCUT2D eigenvalue weighted by Crippen LogP contribution is -2.38. The summed E-state index contributed by atoms with van der Waals surface area (Å²) in [5.41, 5.74) is 2.86. The highest BCUT2D eigenvalue weighted by molar-refractivity contribution is 6.08. The Morgan fingerprint density at radius 1 is 1.05 bits per heavy atom. The Labute approximate surface area is 218 Å². The number of carbonyl (C=O) groups is 2. The van der Waals surface area contributed by atoms with Crippen molar-refractivity contribution >= 4 is 23.2 Å². The summed E-state index contributed by atoms with van der Waals surface area (Å²) in [6.45, 7) is 12.4. The first-order valence-corrected chi connectivity index (χ1v) is 12.8. The molecule has 2 aromatic rings. The van der Waals surface area contributed by atoms with Gasteiger partial charge in [0.25, 0.3) is 0 Å². The van der Waals surface area contributed by atoms with Gasteiger partial charge in [-0.15, -0.1) is 0 Å². The Balaban J connectivity index is 1.71. The Hall–Kier alpha value is -3.55. The summed E-state index contributed by atoms with van der Waals surface area (Å²) >= 11 is 0. The molecule has 1 spiro atoms. The summed E-state index contributed by atoms with van der Waals surface area (Å²) in [5.74, 6) is 1.77. The molecule has 0 unspecified atom stereocenters. The van der Waals surface area contributed by atoms with Crippen LogP contribution in [0.15, 0.2) is 24.3 Å². The maximum absolute atomic E-state index is 13.7. The largest absolute Gasteiger partial charge is 0.494 e. The molecule has 0 aromatic heterocycles. The van der Waals surface area contributed by atoms with Crippen LogP contribution in [-0.2, 0) is 15.7 Å². The van der Waals surface area contributed by atoms with E-state index in [0.29, 0.717) is 47.5 Å². The Kier molecular flexibility index (Phi) is 6.97. The maximum atomic E-state index is 13.7. The highest BCUT2D eigenvalue weighted by Crippen LogP contribution is 2.58. The van der Waals surface area contributed by atoms with E-state index in [1.165, 1.54) is 6.92 Å². The predicted octanol–water partition coefficient (Wildman–Crippen LogP) is 5.26. The Bertz CT molecular complexity index is 1260. The average molecular weight is 508 g/mol. The van der Waals surface area contributed by atoms with Gasteiger partial charge in [-0.25, -0.2) is 0 Å². The quantitative estimate of drug-likeness (QED) is 0.449. The first-order chi connectivity index (χ1) is 17.5. The van der Waals surface area contributed by atoms with Gasteiger partial charge in [0.15, 0.2) is 17.3 Å². The van der Waals surface area contributed by atoms with Crippen LogP contribution >= 0.6 is 0 Å². The number of rotatable bonds is 9. The van der Waals surface area contributed by atoms with Crippen molar-refractivity contribution in [3.63, 3.8) is 0 Å². The topological polar surface area (TPSA) is 101 Å². The average Bonchev–Trinajstić information content (AvgIpc) is 3.59. The van der Waals surface area contributed by atoms with E-state index in [1.807, 2.05) is 57.7 Å². The van der Waals surface area contributed by atoms with Crippen molar-refractivity contribution in [3.05, 3.63) is 46.5 Å². The van der Waals surface area contributed by atoms with Gasteiger partial charge in [0.1, 0.15) is 11.6 Å². The first-order valence-electron chi connectivity index (χ1n) is 12.8. The van der Waals surface area contributed by atoms with Crippen molar-refractivity contribution < 1.29 is 23.8 Å². The van der Waals surface area contributed by atoms with Crippen LogP contribution in [0.5, 0.6) is 17.2 Å². The molecule has 2 N–H and O–H groups in total. The summed E-state index contributed by atoms with van der Waals surface area (Å²) in [6.07, 6.45) is 1.73. The van der Waals surface area contributed by atoms with E-state index in [1.54, 1.807) is 13.2 Å². The zero-order valence-corrected chi connectivity index (χ0v) is 22.8. The second-order valence-corrected chi connectivity index (χ2v) is 10.6. The Morgan fingerprint density at radius 2 is 1.68 bits per heavy atom. The molecule has 1 fully saturated rings. The lowest BCUT2D eigenvalue weighted by atomic mass is 9.84. The number of ether oxygens (including phenoxy) is 3. The molecule has 4 rings (SSSR count). The van der Waals surface area contributed by atoms with Gasteiger partial charge in [0, 0.05) is 23.6 Å². The fourth-order valence-corrected chi connectivity index (χ4v) is 5.15. The fourth-order valence-electron chi connectivity index (χ4n) is 5.15. The van der Waals surface area contributed by atoms with Crippen LogP contribution < -0.4 is 19.5 Å². The lowest BCUT2D eigenvalue weighted by Gasteiger charge is -2.28. The summed E-state index contributed by atoms with van der Waals surface area (Å²) in [7, 11) is 1.56. The van der Waals surface area contributed by atoms with Crippen molar-refractivity contribution in [1.29, 1.82) is 5.41 Å². The van der Waals surface area contributed by atoms with Crippen molar-refractivity contribution in [2.24, 2.45) is 0 Å². The number of Topliss-reactive ketones (excluding diaryl/α,β-unsaturated/α-hetero) is 1. The van der Waals surface area contributed by atoms with Gasteiger partial charge < -0.3 is 24.4 Å². The normalized spacial score (nSPS) is 15.4. The number of hydrogen-bond donors (Lipinski definition) is 2. The van der Waals surface area contributed by atoms with Gasteiger partial charge in [0.2, 0.25) is 5.91 Å². The molecule has 2 aromatic carbocycles. The molecule has 1 heterocycles. The van der Waals surface area contributed by atoms with Gasteiger partial charge in [-0.3, -0.25) is 15.0 Å². The molecule has 0 atom stereocenters. The van der Waals surface area contributed by atoms with E-state index in [-0.39, 0.29) is 29.2 Å². The van der Waals surface area contributed by atoms with Crippen LogP contribution in [0, 0.1) is 5.41 Å². The molecule has 37 heavy (non-hydrogen) atoms. The molecule has 1 amide bonds. The molecule has 1 aliphatic carbocycles. The van der Waals surface area contributed by atoms with Crippen LogP contribution in [0.25, 0.3) is 0 Å². The number of hydrogen-bond acceptors (Lipinski definition) is 6. The van der Waals surface area contributed by atoms with Gasteiger partial charge in [0.05, 0.1) is 38.1 Å². The zero-order valence-electron chi connectivity index (χ0n) is 22.8. The molecule has 0 radical (unpaired) electrons. The smallest absolute Gasteiger partial charge is 0.221 e. The molecule has 1 saturated carbocycles. The first kappa shape index (κ1) is 26.5. The molecule has 1 aliphatic heterocycles. The molecule has 2 aliphatic rings. The number of carbonyl (C=O) groups excluding carboxylic acids is 2. The van der Waals surface area contributed by atoms with E-state index >= 15 is 0 Å². The minimum absolute atomic E-state index is 0.0525. The van der Waals surface area contributed by atoms with Crippen molar-refractivity contribution in [2.45, 2.75) is 65.3 Å². The third-order valence-corrected chi connectivity index (χ3v) is 6.99. The van der Waals surface area contributed by atoms with Crippen molar-refractivity contribution in [1.82, 2.24) is 4.90 Å². The predicted molar refractivity (Wildman–Crippen MR) is 144 cm³/mol. The van der Waals surface area contributed by atoms with Crippen LogP contribution in [-0.4, -0.2) is 49.3 Å². The summed E-state index contributed by atoms with van der Waals surface area (Å²) < 4.78 is 17.3. The third-order valence-electron chi connectivity index (χ3n) is 6.99. The molecular weight excluding hydrogens is 470 g/mol. The van der Waals surface area contributed by atoms with E-state index in [4.69, 9.17) is 19.6 Å². The van der Waals surface area contributed by atoms with Crippen LogP contribution in [0.4, 0.5) is 5.69 Å². The molecule has 198 valence electrons. The highest BCUT2D eigenvalue weighted by Gasteiger charge is 2.57. The zero-order chi connectivity index (χ0) is 27.1. The van der Waals surface area contributed by atoms with Gasteiger partial charge in [-0.05, 0) is 61.9 Å². The van der Waals surface area contributed by atoms with E-state index < -0.39 is 0 Å². The number of methoxy groups -OCH3 is 1. The molecule has 8 heteroatoms. The lowest BCUT2D eigenvalue weighted by molar-refractivity contribution is -0.114. The molecular formula is C29H37N3O5. The number of anilines is 1. The molecule has 0 saturated heterocycles. The van der Waals surface area contributed by atoms with Crippen LogP contribution in [0.3, 0.4) is 0 Å². The number of amides is 1. The molecule has 0 bridgehead atoms. The van der Waals surface area contributed by atoms with E-state index in [0.717, 1.165) is 29.5 Å². The monoisotopic (exact) mass is 507 g/mol. The second-order valence-electron chi connectivity index (χ2n) is 10.6. The Morgan fingerprint density at radius 3 is 2.19 bits per heavy atom. The molecule has 8 nitrogen and oxygen atoms in total. The highest BCUT2D eigenvalue weighted by atomic mass is 16.5. The summed E-state index contributed by atoms with van der Waals surface area (Å²) in [6, 6.07) is 7.37. The minimum atomic E-state index is -0.377. The van der Waals surface area contributed by atoms with Crippen LogP contribution in [0.1, 0.15) is 81.4 Å². The fraction of sp³-hybridized carbons (Fsp3) is 0.483. The number of fused-ring (bicyclic) bond motifs is 2. The number of ketones is 1. The van der Waals surface area contributed by atoms with Crippen molar-refractivity contribution in [2.75, 3.05) is 32.2 Å². The number of nitrogens with one attached hydrogen (secondary N) is 2. The number of amidine groups is 1. The van der Waals surface area contributed by atoms with Gasteiger partial charge >= 0.3 is 0 Å². The van der Waals surface area contributed by atoms with Crippen molar-refractivity contribution in [3.8, 4) is 17.2 Å². The minimum Gasteiger partial charge on any atom is -0.494 e. The van der Waals surface area contributed by atoms with Gasteiger partial charge in [-0.2, -0.15) is 0 Å². The van der Waals surface area contributed by atoms with E-state index in [2.05, 4.69) is 5.32 Å². The summed E-state index contributed by atoms with van der Waals surface area (Å²) in [5, 5.41) is 11.8. The standard InChI is InChI=1S/C29H37N3O5/c1-8-36-24-14-19-20(15-25(24)37-9-2)29(10-11-29)32(27(19)30)16-23(34)18-12-21(28(4,5)6)26(35-7)22(13-18)31-17(3)33/h12-15,30H,8-11,16H2,1-7H3,(H,31,33). The third kappa shape index (κ3) is 4.77. The summed E-state index contributed by atoms with van der Waals surface area (Å²) in [4.78, 5) is 27.5. The number of nitrogens with zero attached hydrogens (tertiary/aromatic N) is 1.